The van der Waals surface area contributed by atoms with Crippen molar-refractivity contribution in [1.82, 2.24) is 14.9 Å². The van der Waals surface area contributed by atoms with Gasteiger partial charge in [0.05, 0.1) is 18.9 Å². The van der Waals surface area contributed by atoms with Crippen molar-refractivity contribution in [2.24, 2.45) is 0 Å². The Hall–Kier alpha value is -3.72. The van der Waals surface area contributed by atoms with Crippen LogP contribution < -0.4 is 14.2 Å². The molecule has 0 saturated carbocycles. The van der Waals surface area contributed by atoms with Crippen molar-refractivity contribution in [2.75, 3.05) is 13.4 Å². The average Bonchev–Trinajstić information content (AvgIpc) is 3.46. The zero-order valence-corrected chi connectivity index (χ0v) is 17.6. The molecule has 2 N–H and O–H groups in total. The maximum absolute atomic E-state index is 12.6. The van der Waals surface area contributed by atoms with Crippen molar-refractivity contribution in [3.8, 4) is 28.4 Å². The van der Waals surface area contributed by atoms with Gasteiger partial charge in [-0.2, -0.15) is 8.42 Å². The van der Waals surface area contributed by atoms with Crippen molar-refractivity contribution < 1.29 is 22.1 Å². The Morgan fingerprint density at radius 1 is 1.10 bits per heavy atom. The van der Waals surface area contributed by atoms with Gasteiger partial charge in [0.2, 0.25) is 0 Å². The summed E-state index contributed by atoms with van der Waals surface area (Å²) in [5.74, 6) is -0.0202. The summed E-state index contributed by atoms with van der Waals surface area (Å²) in [5.41, 5.74) is 4.08. The minimum Gasteiger partial charge on any atom is -0.493 e. The van der Waals surface area contributed by atoms with Gasteiger partial charge >= 0.3 is 10.1 Å². The number of hydrogen-bond acceptors (Lipinski definition) is 5. The second-order valence-corrected chi connectivity index (χ2v) is 8.90. The molecule has 0 bridgehead atoms. The number of benzene rings is 2. The number of amides is 1. The van der Waals surface area contributed by atoms with Crippen LogP contribution in [0.1, 0.15) is 15.9 Å². The van der Waals surface area contributed by atoms with E-state index in [0.717, 1.165) is 28.5 Å². The molecule has 3 heterocycles. The van der Waals surface area contributed by atoms with E-state index in [-0.39, 0.29) is 24.0 Å². The maximum atomic E-state index is 12.6. The highest BCUT2D eigenvalue weighted by Gasteiger charge is 2.31. The second-order valence-electron chi connectivity index (χ2n) is 7.32. The number of H-pyrrole nitrogens is 1. The van der Waals surface area contributed by atoms with Crippen molar-refractivity contribution in [2.45, 2.75) is 6.54 Å². The Kier molecular flexibility index (Phi) is 4.30. The number of carbonyl (C=O) groups is 1. The molecule has 8 nitrogen and oxygen atoms in total. The number of hydrogen-bond donors (Lipinski definition) is 2. The summed E-state index contributed by atoms with van der Waals surface area (Å²) < 4.78 is 36.1. The van der Waals surface area contributed by atoms with Crippen LogP contribution in [0.3, 0.4) is 0 Å². The normalized spacial score (nSPS) is 13.3. The highest BCUT2D eigenvalue weighted by Crippen LogP contribution is 2.43. The van der Waals surface area contributed by atoms with E-state index in [1.165, 1.54) is 7.11 Å². The molecule has 0 fully saturated rings. The van der Waals surface area contributed by atoms with Gasteiger partial charge in [0, 0.05) is 52.3 Å². The van der Waals surface area contributed by atoms with Gasteiger partial charge in [-0.3, -0.25) is 4.79 Å². The Labute approximate surface area is 178 Å². The van der Waals surface area contributed by atoms with E-state index in [0.29, 0.717) is 16.7 Å². The molecule has 2 aromatic carbocycles. The molecular formula is C22H19N3O5S. The van der Waals surface area contributed by atoms with Gasteiger partial charge in [0.25, 0.3) is 5.91 Å². The van der Waals surface area contributed by atoms with Crippen LogP contribution >= 0.6 is 0 Å². The number of ether oxygens (including phenoxy) is 1. The number of fused-ring (bicyclic) bond motifs is 2. The minimum atomic E-state index is -3.80. The zero-order chi connectivity index (χ0) is 21.8. The minimum absolute atomic E-state index is 0.0353. The monoisotopic (exact) mass is 437 g/mol. The van der Waals surface area contributed by atoms with Crippen LogP contribution in [0, 0.1) is 0 Å². The number of rotatable bonds is 5. The fraction of sp³-hybridized carbons (Fsp3) is 0.136. The molecule has 31 heavy (non-hydrogen) atoms. The molecule has 158 valence electrons. The average molecular weight is 437 g/mol. The molecule has 1 amide bonds. The van der Waals surface area contributed by atoms with Crippen molar-refractivity contribution in [1.29, 1.82) is 0 Å². The summed E-state index contributed by atoms with van der Waals surface area (Å²) in [4.78, 5) is 16.0. The standard InChI is InChI=1S/C22H19N3O5S/c1-29-19-11-15(20-16(12-23-22(20)26)21(19)30-31(2,27)28)18-10-13-9-14(5-6-17(13)24-18)25-7-3-4-8-25/h3-11,24H,12H2,1-2H3,(H,23,26). The highest BCUT2D eigenvalue weighted by atomic mass is 32.2. The lowest BCUT2D eigenvalue weighted by molar-refractivity contribution is 0.0966. The molecule has 1 aliphatic rings. The lowest BCUT2D eigenvalue weighted by Gasteiger charge is -2.15. The number of nitrogens with one attached hydrogen (secondary N) is 2. The van der Waals surface area contributed by atoms with Crippen molar-refractivity contribution >= 4 is 26.9 Å². The third-order valence-electron chi connectivity index (χ3n) is 5.25. The Bertz CT molecular complexity index is 1440. The van der Waals surface area contributed by atoms with E-state index in [4.69, 9.17) is 8.92 Å². The van der Waals surface area contributed by atoms with Gasteiger partial charge in [0.1, 0.15) is 0 Å². The molecule has 1 aliphatic heterocycles. The topological polar surface area (TPSA) is 102 Å². The molecule has 0 spiro atoms. The van der Waals surface area contributed by atoms with Crippen LogP contribution in [0.15, 0.2) is 54.9 Å². The number of carbonyl (C=O) groups excluding carboxylic acids is 1. The number of methoxy groups -OCH3 is 1. The molecule has 5 rings (SSSR count). The van der Waals surface area contributed by atoms with Gasteiger partial charge in [-0.15, -0.1) is 0 Å². The molecule has 0 aliphatic carbocycles. The van der Waals surface area contributed by atoms with Crippen LogP contribution in [0.25, 0.3) is 27.8 Å². The first-order chi connectivity index (χ1) is 14.8. The van der Waals surface area contributed by atoms with Gasteiger partial charge in [-0.25, -0.2) is 0 Å². The summed E-state index contributed by atoms with van der Waals surface area (Å²) in [6, 6.07) is 13.5. The fourth-order valence-corrected chi connectivity index (χ4v) is 4.40. The Morgan fingerprint density at radius 3 is 2.58 bits per heavy atom. The summed E-state index contributed by atoms with van der Waals surface area (Å²) in [5, 5.41) is 3.72. The van der Waals surface area contributed by atoms with Crippen LogP contribution in [0.4, 0.5) is 0 Å². The first-order valence-corrected chi connectivity index (χ1v) is 11.3. The largest absolute Gasteiger partial charge is 0.493 e. The Morgan fingerprint density at radius 2 is 1.87 bits per heavy atom. The molecule has 0 unspecified atom stereocenters. The highest BCUT2D eigenvalue weighted by molar-refractivity contribution is 7.86. The van der Waals surface area contributed by atoms with E-state index in [1.807, 2.05) is 53.4 Å². The van der Waals surface area contributed by atoms with Gasteiger partial charge < -0.3 is 23.8 Å². The SMILES string of the molecule is COc1cc(-c2cc3cc(-n4cccc4)ccc3[nH]2)c2c(c1OS(C)(=O)=O)CNC2=O. The summed E-state index contributed by atoms with van der Waals surface area (Å²) in [6.07, 6.45) is 4.89. The number of aromatic amines is 1. The predicted octanol–water partition coefficient (Wildman–Crippen LogP) is 3.22. The second kappa shape index (κ2) is 6.92. The van der Waals surface area contributed by atoms with Crippen molar-refractivity contribution in [3.63, 3.8) is 0 Å². The van der Waals surface area contributed by atoms with Gasteiger partial charge in [0.15, 0.2) is 11.5 Å². The van der Waals surface area contributed by atoms with E-state index in [9.17, 15) is 13.2 Å². The third kappa shape index (κ3) is 3.32. The molecule has 0 radical (unpaired) electrons. The van der Waals surface area contributed by atoms with E-state index in [1.54, 1.807) is 6.07 Å². The molecule has 9 heteroatoms. The molecule has 2 aromatic heterocycles. The number of aromatic nitrogens is 2. The van der Waals surface area contributed by atoms with Crippen molar-refractivity contribution in [3.05, 3.63) is 66.0 Å². The number of nitrogens with zero attached hydrogens (tertiary/aromatic N) is 1. The Balaban J connectivity index is 1.69. The maximum Gasteiger partial charge on any atom is 0.306 e. The fourth-order valence-electron chi connectivity index (χ4n) is 3.92. The zero-order valence-electron chi connectivity index (χ0n) is 16.8. The van der Waals surface area contributed by atoms with Crippen LogP contribution in [0.2, 0.25) is 0 Å². The smallest absolute Gasteiger partial charge is 0.306 e. The predicted molar refractivity (Wildman–Crippen MR) is 116 cm³/mol. The molecule has 4 aromatic rings. The lowest BCUT2D eigenvalue weighted by atomic mass is 9.98. The molecule has 0 atom stereocenters. The van der Waals surface area contributed by atoms with E-state index >= 15 is 0 Å². The van der Waals surface area contributed by atoms with Crippen LogP contribution in [-0.4, -0.2) is 37.2 Å². The van der Waals surface area contributed by atoms with Gasteiger partial charge in [-0.1, -0.05) is 0 Å². The summed E-state index contributed by atoms with van der Waals surface area (Å²) >= 11 is 0. The lowest BCUT2D eigenvalue weighted by Crippen LogP contribution is -2.13. The first-order valence-electron chi connectivity index (χ1n) is 9.52. The third-order valence-corrected chi connectivity index (χ3v) is 5.72. The van der Waals surface area contributed by atoms with Crippen LogP contribution in [-0.2, 0) is 16.7 Å². The quantitative estimate of drug-likeness (QED) is 0.467. The summed E-state index contributed by atoms with van der Waals surface area (Å²) in [7, 11) is -2.37. The van der Waals surface area contributed by atoms with Gasteiger partial charge in [-0.05, 0) is 42.5 Å². The molecular weight excluding hydrogens is 418 g/mol. The van der Waals surface area contributed by atoms with E-state index < -0.39 is 10.1 Å². The van der Waals surface area contributed by atoms with Crippen LogP contribution in [0.5, 0.6) is 11.5 Å². The summed E-state index contributed by atoms with van der Waals surface area (Å²) in [6.45, 7) is 0.154. The van der Waals surface area contributed by atoms with E-state index in [2.05, 4.69) is 10.3 Å². The molecule has 0 saturated heterocycles. The first kappa shape index (κ1) is 19.3.